The number of hydrogen-bond acceptors (Lipinski definition) is 1. The maximum atomic E-state index is 4.03. The first-order valence-corrected chi connectivity index (χ1v) is 4.24. The molecule has 0 heterocycles. The van der Waals surface area contributed by atoms with E-state index in [2.05, 4.69) is 45.4 Å². The minimum absolute atomic E-state index is 0.614. The molecule has 0 aliphatic rings. The Bertz CT molecular complexity index is 136. The number of rotatable bonds is 3. The third-order valence-corrected chi connectivity index (χ3v) is 1.52. The van der Waals surface area contributed by atoms with Crippen molar-refractivity contribution in [2.45, 2.75) is 20.7 Å². The van der Waals surface area contributed by atoms with E-state index < -0.39 is 0 Å². The second-order valence-electron chi connectivity index (χ2n) is 2.58. The van der Waals surface area contributed by atoms with Gasteiger partial charge in [0.15, 0.2) is 0 Å². The summed E-state index contributed by atoms with van der Waals surface area (Å²) in [5, 5.41) is 1.79. The fourth-order valence-corrected chi connectivity index (χ4v) is 0.990. The molecule has 2 heteroatoms. The number of allylic oxidation sites excluding steroid dienone is 2. The van der Waals surface area contributed by atoms with Crippen LogP contribution in [0.25, 0.3) is 0 Å². The Labute approximate surface area is 70.1 Å². The molecule has 0 atom stereocenters. The van der Waals surface area contributed by atoms with Gasteiger partial charge in [0.1, 0.15) is 7.28 Å². The molecule has 0 saturated heterocycles. The predicted molar refractivity (Wildman–Crippen MR) is 54.1 cm³/mol. The van der Waals surface area contributed by atoms with Crippen LogP contribution >= 0.6 is 12.6 Å². The molecular formula is C8H15BS. The predicted octanol–water partition coefficient (Wildman–Crippen LogP) is 2.45. The fraction of sp³-hybridized carbons (Fsp3) is 0.500. The zero-order chi connectivity index (χ0) is 7.98. The molecule has 10 heavy (non-hydrogen) atoms. The lowest BCUT2D eigenvalue weighted by molar-refractivity contribution is 0.794. The Morgan fingerprint density at radius 3 is 2.40 bits per heavy atom. The monoisotopic (exact) mass is 154 g/mol. The van der Waals surface area contributed by atoms with Crippen molar-refractivity contribution in [3.8, 4) is 0 Å². The summed E-state index contributed by atoms with van der Waals surface area (Å²) in [6, 6.07) is 0. The van der Waals surface area contributed by atoms with Crippen LogP contribution in [0.2, 0.25) is 6.82 Å². The van der Waals surface area contributed by atoms with Gasteiger partial charge in [-0.05, 0) is 11.3 Å². The molecule has 0 aromatic rings. The summed E-state index contributed by atoms with van der Waals surface area (Å²) >= 11 is 4.03. The lowest BCUT2D eigenvalue weighted by Crippen LogP contribution is -1.91. The molecule has 0 fully saturated rings. The first-order valence-electron chi connectivity index (χ1n) is 3.73. The quantitative estimate of drug-likeness (QED) is 0.360. The molecule has 0 nitrogen and oxygen atoms in total. The van der Waals surface area contributed by atoms with E-state index in [-0.39, 0.29) is 0 Å². The summed E-state index contributed by atoms with van der Waals surface area (Å²) in [7, 11) is 1.10. The highest BCUT2D eigenvalue weighted by atomic mass is 32.1. The van der Waals surface area contributed by atoms with Crippen LogP contribution in [0.4, 0.5) is 0 Å². The van der Waals surface area contributed by atoms with Crippen LogP contribution in [-0.4, -0.2) is 7.28 Å². The molecule has 0 aliphatic carbocycles. The number of thiol groups is 1. The van der Waals surface area contributed by atoms with Gasteiger partial charge in [0.2, 0.25) is 0 Å². The molecule has 56 valence electrons. The van der Waals surface area contributed by atoms with Gasteiger partial charge >= 0.3 is 0 Å². The molecular weight excluding hydrogens is 139 g/mol. The average Bonchev–Trinajstić information content (AvgIpc) is 1.87. The summed E-state index contributed by atoms with van der Waals surface area (Å²) in [4.78, 5) is 0. The molecule has 0 aromatic carbocycles. The standard InChI is InChI=1S/C8H15BS/c1-7(2)8(4-5-10)6-9-3/h4-7,9-10H,1-3H3/b5-4-,8-6+. The van der Waals surface area contributed by atoms with Crippen LogP contribution in [0.3, 0.4) is 0 Å². The van der Waals surface area contributed by atoms with Crippen LogP contribution in [0.5, 0.6) is 0 Å². The molecule has 0 rings (SSSR count). The van der Waals surface area contributed by atoms with Crippen molar-refractivity contribution >= 4 is 19.9 Å². The lowest BCUT2D eigenvalue weighted by atomic mass is 9.78. The Balaban J connectivity index is 4.11. The van der Waals surface area contributed by atoms with Crippen molar-refractivity contribution in [3.63, 3.8) is 0 Å². The summed E-state index contributed by atoms with van der Waals surface area (Å²) in [5.41, 5.74) is 1.37. The van der Waals surface area contributed by atoms with E-state index in [9.17, 15) is 0 Å². The second-order valence-corrected chi connectivity index (χ2v) is 2.88. The zero-order valence-corrected chi connectivity index (χ0v) is 7.86. The minimum Gasteiger partial charge on any atom is -0.151 e. The topological polar surface area (TPSA) is 0 Å². The van der Waals surface area contributed by atoms with E-state index in [0.29, 0.717) is 5.92 Å². The fourth-order valence-electron chi connectivity index (χ4n) is 0.818. The van der Waals surface area contributed by atoms with E-state index in [0.717, 1.165) is 7.28 Å². The maximum Gasteiger partial charge on any atom is 0.145 e. The van der Waals surface area contributed by atoms with Gasteiger partial charge in [-0.15, -0.1) is 5.98 Å². The van der Waals surface area contributed by atoms with Crippen LogP contribution in [-0.2, 0) is 0 Å². The van der Waals surface area contributed by atoms with Gasteiger partial charge in [-0.3, -0.25) is 0 Å². The molecule has 0 aliphatic heterocycles. The van der Waals surface area contributed by atoms with Crippen molar-refractivity contribution in [2.75, 3.05) is 0 Å². The summed E-state index contributed by atoms with van der Waals surface area (Å²) < 4.78 is 0. The molecule has 0 spiro atoms. The van der Waals surface area contributed by atoms with Crippen LogP contribution in [0.15, 0.2) is 23.0 Å². The highest BCUT2D eigenvalue weighted by Crippen LogP contribution is 2.10. The van der Waals surface area contributed by atoms with Crippen molar-refractivity contribution < 1.29 is 0 Å². The Kier molecular flexibility index (Phi) is 5.60. The zero-order valence-electron chi connectivity index (χ0n) is 6.96. The lowest BCUT2D eigenvalue weighted by Gasteiger charge is -2.04. The second kappa shape index (κ2) is 5.66. The van der Waals surface area contributed by atoms with E-state index in [4.69, 9.17) is 0 Å². The first kappa shape index (κ1) is 9.89. The molecule has 0 unspecified atom stereocenters. The third-order valence-electron chi connectivity index (χ3n) is 1.37. The maximum absolute atomic E-state index is 4.03. The van der Waals surface area contributed by atoms with Crippen molar-refractivity contribution in [1.82, 2.24) is 0 Å². The van der Waals surface area contributed by atoms with E-state index >= 15 is 0 Å². The van der Waals surface area contributed by atoms with Gasteiger partial charge in [-0.2, -0.15) is 12.6 Å². The average molecular weight is 154 g/mol. The SMILES string of the molecule is CB/C=C(\C=C/S)C(C)C. The summed E-state index contributed by atoms with van der Waals surface area (Å²) in [6.07, 6.45) is 2.05. The molecule has 0 bridgehead atoms. The molecule has 0 N–H and O–H groups in total. The van der Waals surface area contributed by atoms with Gasteiger partial charge in [-0.25, -0.2) is 0 Å². The van der Waals surface area contributed by atoms with Crippen LogP contribution in [0, 0.1) is 5.92 Å². The van der Waals surface area contributed by atoms with Gasteiger partial charge in [0, 0.05) is 0 Å². The normalized spacial score (nSPS) is 13.1. The van der Waals surface area contributed by atoms with Crippen LogP contribution in [0.1, 0.15) is 13.8 Å². The van der Waals surface area contributed by atoms with Crippen molar-refractivity contribution in [3.05, 3.63) is 23.0 Å². The highest BCUT2D eigenvalue weighted by molar-refractivity contribution is 7.83. The minimum atomic E-state index is 0.614. The number of hydrogen-bond donors (Lipinski definition) is 1. The van der Waals surface area contributed by atoms with Crippen LogP contribution < -0.4 is 0 Å². The highest BCUT2D eigenvalue weighted by Gasteiger charge is 1.95. The first-order chi connectivity index (χ1) is 4.72. The summed E-state index contributed by atoms with van der Waals surface area (Å²) in [5.74, 6) is 2.85. The largest absolute Gasteiger partial charge is 0.151 e. The molecule has 0 aromatic heterocycles. The van der Waals surface area contributed by atoms with Crippen molar-refractivity contribution in [2.24, 2.45) is 5.92 Å². The third kappa shape index (κ3) is 3.83. The van der Waals surface area contributed by atoms with Gasteiger partial charge < -0.3 is 0 Å². The Hall–Kier alpha value is -0.105. The Morgan fingerprint density at radius 1 is 1.50 bits per heavy atom. The van der Waals surface area contributed by atoms with Gasteiger partial charge in [-0.1, -0.05) is 32.3 Å². The van der Waals surface area contributed by atoms with E-state index in [1.807, 2.05) is 0 Å². The smallest absolute Gasteiger partial charge is 0.145 e. The van der Waals surface area contributed by atoms with E-state index in [1.165, 1.54) is 5.57 Å². The molecule has 0 amide bonds. The van der Waals surface area contributed by atoms with Crippen molar-refractivity contribution in [1.29, 1.82) is 0 Å². The summed E-state index contributed by atoms with van der Waals surface area (Å²) in [6.45, 7) is 6.53. The molecule has 0 radical (unpaired) electrons. The van der Waals surface area contributed by atoms with Gasteiger partial charge in [0.05, 0.1) is 0 Å². The Morgan fingerprint density at radius 2 is 2.10 bits per heavy atom. The molecule has 0 saturated carbocycles. The van der Waals surface area contributed by atoms with Gasteiger partial charge in [0.25, 0.3) is 0 Å². The van der Waals surface area contributed by atoms with E-state index in [1.54, 1.807) is 5.41 Å².